The van der Waals surface area contributed by atoms with Crippen molar-refractivity contribution in [3.8, 4) is 0 Å². The van der Waals surface area contributed by atoms with Crippen molar-refractivity contribution in [2.75, 3.05) is 19.8 Å². The van der Waals surface area contributed by atoms with E-state index in [1.165, 1.54) is 12.1 Å². The Kier molecular flexibility index (Phi) is 6.08. The fourth-order valence-corrected chi connectivity index (χ4v) is 1.60. The van der Waals surface area contributed by atoms with Gasteiger partial charge < -0.3 is 10.1 Å². The monoisotopic (exact) mass is 243 g/mol. The van der Waals surface area contributed by atoms with Crippen molar-refractivity contribution >= 4 is 0 Å². The highest BCUT2D eigenvalue weighted by molar-refractivity contribution is 5.21. The third kappa shape index (κ3) is 4.79. The zero-order valence-electron chi connectivity index (χ0n) is 10.3. The molecule has 1 rings (SSSR count). The van der Waals surface area contributed by atoms with E-state index in [4.69, 9.17) is 4.74 Å². The molecule has 0 aliphatic carbocycles. The molecule has 0 fully saturated rings. The predicted molar refractivity (Wildman–Crippen MR) is 63.9 cm³/mol. The van der Waals surface area contributed by atoms with Crippen LogP contribution in [0.4, 0.5) is 8.78 Å². The first-order valence-corrected chi connectivity index (χ1v) is 5.91. The lowest BCUT2D eigenvalue weighted by molar-refractivity contribution is 0.144. The van der Waals surface area contributed by atoms with Crippen molar-refractivity contribution in [3.05, 3.63) is 35.4 Å². The molecule has 0 amide bonds. The van der Waals surface area contributed by atoms with E-state index in [0.29, 0.717) is 18.8 Å². The van der Waals surface area contributed by atoms with Crippen molar-refractivity contribution in [1.29, 1.82) is 0 Å². The molecular formula is C13H19F2NO. The second-order valence-corrected chi connectivity index (χ2v) is 3.89. The minimum absolute atomic E-state index is 0.128. The Morgan fingerprint density at radius 1 is 1.35 bits per heavy atom. The lowest BCUT2D eigenvalue weighted by atomic mass is 10.1. The SMILES string of the molecule is CCOCCCNC(C)c1ccc(F)cc1F. The van der Waals surface area contributed by atoms with E-state index in [0.717, 1.165) is 19.0 Å². The van der Waals surface area contributed by atoms with E-state index < -0.39 is 11.6 Å². The van der Waals surface area contributed by atoms with Crippen LogP contribution in [0.1, 0.15) is 31.9 Å². The topological polar surface area (TPSA) is 21.3 Å². The molecular weight excluding hydrogens is 224 g/mol. The van der Waals surface area contributed by atoms with Gasteiger partial charge in [-0.3, -0.25) is 0 Å². The number of hydrogen-bond acceptors (Lipinski definition) is 2. The van der Waals surface area contributed by atoms with Gasteiger partial charge in [0, 0.05) is 30.9 Å². The summed E-state index contributed by atoms with van der Waals surface area (Å²) in [5, 5.41) is 3.18. The van der Waals surface area contributed by atoms with Crippen molar-refractivity contribution in [2.45, 2.75) is 26.3 Å². The normalized spacial score (nSPS) is 12.7. The van der Waals surface area contributed by atoms with Gasteiger partial charge in [-0.25, -0.2) is 8.78 Å². The maximum absolute atomic E-state index is 13.4. The van der Waals surface area contributed by atoms with Crippen LogP contribution in [0, 0.1) is 11.6 Å². The highest BCUT2D eigenvalue weighted by atomic mass is 19.1. The van der Waals surface area contributed by atoms with Crippen molar-refractivity contribution in [3.63, 3.8) is 0 Å². The van der Waals surface area contributed by atoms with Crippen molar-refractivity contribution < 1.29 is 13.5 Å². The summed E-state index contributed by atoms with van der Waals surface area (Å²) < 4.78 is 31.3. The second-order valence-electron chi connectivity index (χ2n) is 3.89. The molecule has 1 aromatic rings. The van der Waals surface area contributed by atoms with Crippen LogP contribution in [0.5, 0.6) is 0 Å². The van der Waals surface area contributed by atoms with Crippen LogP contribution in [-0.4, -0.2) is 19.8 Å². The smallest absolute Gasteiger partial charge is 0.130 e. The number of rotatable bonds is 7. The molecule has 1 unspecified atom stereocenters. The third-order valence-electron chi connectivity index (χ3n) is 2.55. The first-order valence-electron chi connectivity index (χ1n) is 5.91. The maximum atomic E-state index is 13.4. The first-order chi connectivity index (χ1) is 8.15. The van der Waals surface area contributed by atoms with Gasteiger partial charge >= 0.3 is 0 Å². The van der Waals surface area contributed by atoms with E-state index in [1.807, 2.05) is 13.8 Å². The molecule has 0 saturated heterocycles. The predicted octanol–water partition coefficient (Wildman–Crippen LogP) is 3.04. The van der Waals surface area contributed by atoms with Gasteiger partial charge in [-0.1, -0.05) is 6.07 Å². The molecule has 0 radical (unpaired) electrons. The van der Waals surface area contributed by atoms with E-state index in [9.17, 15) is 8.78 Å². The van der Waals surface area contributed by atoms with Gasteiger partial charge in [-0.2, -0.15) is 0 Å². The molecule has 96 valence electrons. The second kappa shape index (κ2) is 7.35. The molecule has 0 spiro atoms. The molecule has 1 N–H and O–H groups in total. The summed E-state index contributed by atoms with van der Waals surface area (Å²) in [6.45, 7) is 5.96. The van der Waals surface area contributed by atoms with Gasteiger partial charge in [0.05, 0.1) is 0 Å². The van der Waals surface area contributed by atoms with Crippen LogP contribution in [-0.2, 0) is 4.74 Å². The van der Waals surface area contributed by atoms with Gasteiger partial charge in [-0.05, 0) is 32.9 Å². The lowest BCUT2D eigenvalue weighted by Gasteiger charge is -2.15. The minimum atomic E-state index is -0.546. The Labute approximate surface area is 101 Å². The molecule has 0 aromatic heterocycles. The molecule has 2 nitrogen and oxygen atoms in total. The quantitative estimate of drug-likeness (QED) is 0.743. The number of hydrogen-bond donors (Lipinski definition) is 1. The molecule has 0 aliphatic rings. The molecule has 1 aromatic carbocycles. The Morgan fingerprint density at radius 3 is 2.76 bits per heavy atom. The lowest BCUT2D eigenvalue weighted by Crippen LogP contribution is -2.21. The number of nitrogens with one attached hydrogen (secondary N) is 1. The van der Waals surface area contributed by atoms with E-state index in [1.54, 1.807) is 0 Å². The fraction of sp³-hybridized carbons (Fsp3) is 0.538. The summed E-state index contributed by atoms with van der Waals surface area (Å²) in [5.41, 5.74) is 0.489. The summed E-state index contributed by atoms with van der Waals surface area (Å²) >= 11 is 0. The molecule has 0 heterocycles. The average molecular weight is 243 g/mol. The summed E-state index contributed by atoms with van der Waals surface area (Å²) in [7, 11) is 0. The summed E-state index contributed by atoms with van der Waals surface area (Å²) in [5.74, 6) is -1.05. The molecule has 4 heteroatoms. The minimum Gasteiger partial charge on any atom is -0.382 e. The van der Waals surface area contributed by atoms with Gasteiger partial charge in [0.15, 0.2) is 0 Å². The largest absolute Gasteiger partial charge is 0.382 e. The average Bonchev–Trinajstić information content (AvgIpc) is 2.28. The van der Waals surface area contributed by atoms with Crippen LogP contribution < -0.4 is 5.32 Å². The van der Waals surface area contributed by atoms with Crippen LogP contribution in [0.25, 0.3) is 0 Å². The zero-order chi connectivity index (χ0) is 12.7. The highest BCUT2D eigenvalue weighted by Crippen LogP contribution is 2.17. The molecule has 1 atom stereocenters. The number of halogens is 2. The Hall–Kier alpha value is -1.00. The van der Waals surface area contributed by atoms with E-state index in [2.05, 4.69) is 5.32 Å². The van der Waals surface area contributed by atoms with Crippen molar-refractivity contribution in [1.82, 2.24) is 5.32 Å². The summed E-state index contributed by atoms with van der Waals surface area (Å²) in [6, 6.07) is 3.53. The molecule has 0 saturated carbocycles. The standard InChI is InChI=1S/C13H19F2NO/c1-3-17-8-4-7-16-10(2)12-6-5-11(14)9-13(12)15/h5-6,9-10,16H,3-4,7-8H2,1-2H3. The maximum Gasteiger partial charge on any atom is 0.130 e. The number of benzene rings is 1. The molecule has 0 aliphatic heterocycles. The molecule has 17 heavy (non-hydrogen) atoms. The van der Waals surface area contributed by atoms with Gasteiger partial charge in [0.1, 0.15) is 11.6 Å². The van der Waals surface area contributed by atoms with Crippen molar-refractivity contribution in [2.24, 2.45) is 0 Å². The Balaban J connectivity index is 2.38. The van der Waals surface area contributed by atoms with E-state index >= 15 is 0 Å². The van der Waals surface area contributed by atoms with Crippen LogP contribution in [0.3, 0.4) is 0 Å². The van der Waals surface area contributed by atoms with Gasteiger partial charge in [0.2, 0.25) is 0 Å². The fourth-order valence-electron chi connectivity index (χ4n) is 1.60. The first kappa shape index (κ1) is 14.1. The van der Waals surface area contributed by atoms with Crippen LogP contribution in [0.2, 0.25) is 0 Å². The number of ether oxygens (including phenoxy) is 1. The van der Waals surface area contributed by atoms with Gasteiger partial charge in [0.25, 0.3) is 0 Å². The zero-order valence-corrected chi connectivity index (χ0v) is 10.3. The van der Waals surface area contributed by atoms with Crippen LogP contribution in [0.15, 0.2) is 18.2 Å². The Morgan fingerprint density at radius 2 is 2.12 bits per heavy atom. The van der Waals surface area contributed by atoms with E-state index in [-0.39, 0.29) is 6.04 Å². The summed E-state index contributed by atoms with van der Waals surface area (Å²) in [6.07, 6.45) is 0.876. The third-order valence-corrected chi connectivity index (χ3v) is 2.55. The summed E-state index contributed by atoms with van der Waals surface area (Å²) in [4.78, 5) is 0. The molecule has 0 bridgehead atoms. The highest BCUT2D eigenvalue weighted by Gasteiger charge is 2.10. The van der Waals surface area contributed by atoms with Gasteiger partial charge in [-0.15, -0.1) is 0 Å². The van der Waals surface area contributed by atoms with Crippen LogP contribution >= 0.6 is 0 Å². The Bertz CT molecular complexity index is 344.